The number of hydrogen-bond acceptors (Lipinski definition) is 1. The lowest BCUT2D eigenvalue weighted by atomic mass is 14.0. The van der Waals surface area contributed by atoms with Crippen molar-refractivity contribution >= 4 is 72.7 Å². The molecule has 0 unspecified atom stereocenters. The minimum Gasteiger partial charge on any atom is -0.344 e. The van der Waals surface area contributed by atoms with Gasteiger partial charge in [-0.05, 0) is 0 Å². The summed E-state index contributed by atoms with van der Waals surface area (Å²) in [5, 5.41) is 0. The molecular weight excluding hydrogens is 180 g/mol. The summed E-state index contributed by atoms with van der Waals surface area (Å²) in [6, 6.07) is 0. The van der Waals surface area contributed by atoms with Crippen molar-refractivity contribution in [2.24, 2.45) is 0 Å². The molecule has 0 amide bonds. The van der Waals surface area contributed by atoms with Gasteiger partial charge < -0.3 is 6.15 Å². The summed E-state index contributed by atoms with van der Waals surface area (Å²) in [7, 11) is 0. The largest absolute Gasteiger partial charge is 0.344 e. The minimum absolute atomic E-state index is 0. The van der Waals surface area contributed by atoms with E-state index in [1.807, 2.05) is 0 Å². The molecule has 6 heteroatoms. The number of hydrogen-bond donors (Lipinski definition) is 1. The summed E-state index contributed by atoms with van der Waals surface area (Å²) < 4.78 is 0. The molecule has 0 rings (SSSR count). The second-order valence-corrected chi connectivity index (χ2v) is 0. The van der Waals surface area contributed by atoms with Crippen LogP contribution in [0, 0.1) is 0 Å². The highest BCUT2D eigenvalue weighted by Gasteiger charge is 0.316. The van der Waals surface area contributed by atoms with Crippen molar-refractivity contribution < 1.29 is 0 Å². The molecule has 0 aliphatic heterocycles. The van der Waals surface area contributed by atoms with Crippen LogP contribution in [-0.2, 0) is 0 Å². The molecule has 0 aromatic rings. The summed E-state index contributed by atoms with van der Waals surface area (Å²) >= 11 is 0. The molecule has 0 heterocycles. The Morgan fingerprint density at radius 1 is 0.500 bits per heavy atom. The monoisotopic (exact) mass is 187 g/mol. The van der Waals surface area contributed by atoms with Gasteiger partial charge in [0.2, 0.25) is 0 Å². The average Bonchev–Trinajstić information content (AvgIpc) is 0. The predicted octanol–water partition coefficient (Wildman–Crippen LogP) is 0.933. The van der Waals surface area contributed by atoms with E-state index in [1.165, 1.54) is 0 Å². The van der Waals surface area contributed by atoms with Crippen LogP contribution in [-0.4, -0.2) is 23.1 Å². The molecule has 0 aliphatic carbocycles. The van der Waals surface area contributed by atoms with E-state index in [0.29, 0.717) is 0 Å². The third-order valence-electron chi connectivity index (χ3n) is 0. The van der Waals surface area contributed by atoms with E-state index < -0.39 is 0 Å². The summed E-state index contributed by atoms with van der Waals surface area (Å²) in [4.78, 5) is 0. The van der Waals surface area contributed by atoms with Crippen LogP contribution >= 0.6 is 49.6 Å². The molecule has 44 valence electrons. The zero-order valence-electron chi connectivity index (χ0n) is 2.34. The van der Waals surface area contributed by atoms with Crippen LogP contribution in [0.15, 0.2) is 0 Å². The van der Waals surface area contributed by atoms with Gasteiger partial charge in [-0.15, -0.1) is 49.6 Å². The lowest BCUT2D eigenvalue weighted by molar-refractivity contribution is 2.13. The van der Waals surface area contributed by atoms with Crippen LogP contribution in [0.5, 0.6) is 0 Å². The molecule has 0 bridgehead atoms. The molecule has 0 saturated carbocycles. The number of halogens is 4. The Bertz CT molecular complexity index is 7.51. The fourth-order valence-electron chi connectivity index (χ4n) is 0. The van der Waals surface area contributed by atoms with Crippen molar-refractivity contribution in [2.75, 3.05) is 0 Å². The van der Waals surface area contributed by atoms with Gasteiger partial charge in [-0.1, -0.05) is 0 Å². The van der Waals surface area contributed by atoms with E-state index in [-0.39, 0.29) is 78.8 Å². The fraction of sp³-hybridized carbons (Fsp3) is 0. The van der Waals surface area contributed by atoms with E-state index in [1.54, 1.807) is 0 Å². The maximum absolute atomic E-state index is 0. The molecule has 0 fully saturated rings. The standard InChI is InChI=1S/4ClH.Mg.H3N.2H/h4*1H;;1H3;;. The predicted molar refractivity (Wildman–Crippen MR) is 42.6 cm³/mol. The van der Waals surface area contributed by atoms with Crippen molar-refractivity contribution in [3.05, 3.63) is 0 Å². The highest BCUT2D eigenvalue weighted by atomic mass is 35.5. The second kappa shape index (κ2) is 67.1. The minimum atomic E-state index is 0. The summed E-state index contributed by atoms with van der Waals surface area (Å²) in [5.41, 5.74) is 0. The Hall–Kier alpha value is 1.89. The van der Waals surface area contributed by atoms with Crippen LogP contribution < -0.4 is 6.15 Å². The first-order chi connectivity index (χ1) is 0. The Morgan fingerprint density at radius 3 is 0.500 bits per heavy atom. The first-order valence-corrected chi connectivity index (χ1v) is 0. The third-order valence-corrected chi connectivity index (χ3v) is 0. The summed E-state index contributed by atoms with van der Waals surface area (Å²) in [6.07, 6.45) is 0. The van der Waals surface area contributed by atoms with Gasteiger partial charge in [0.25, 0.3) is 0 Å². The van der Waals surface area contributed by atoms with Crippen molar-refractivity contribution in [1.29, 1.82) is 0 Å². The second-order valence-electron chi connectivity index (χ2n) is 0. The molecule has 0 saturated heterocycles. The molecule has 0 atom stereocenters. The van der Waals surface area contributed by atoms with Gasteiger partial charge >= 0.3 is 23.1 Å². The van der Waals surface area contributed by atoms with Gasteiger partial charge in [0, 0.05) is 0 Å². The maximum atomic E-state index is 0. The van der Waals surface area contributed by atoms with Gasteiger partial charge in [-0.2, -0.15) is 0 Å². The molecule has 0 spiro atoms. The van der Waals surface area contributed by atoms with Gasteiger partial charge in [0.15, 0.2) is 0 Å². The zero-order valence-corrected chi connectivity index (χ0v) is 5.61. The lowest BCUT2D eigenvalue weighted by Gasteiger charge is -0.344. The average molecular weight is 189 g/mol. The molecule has 1 nitrogen and oxygen atoms in total. The first-order valence-electron chi connectivity index (χ1n) is 0. The highest BCUT2D eigenvalue weighted by molar-refractivity contribution is 5.86. The Balaban J connectivity index is 0. The van der Waals surface area contributed by atoms with Gasteiger partial charge in [0.1, 0.15) is 0 Å². The quantitative estimate of drug-likeness (QED) is 0.565. The fourth-order valence-corrected chi connectivity index (χ4v) is 0. The van der Waals surface area contributed by atoms with Gasteiger partial charge in [-0.25, -0.2) is 0 Å². The van der Waals surface area contributed by atoms with Gasteiger partial charge in [0.05, 0.1) is 0 Å². The smallest absolute Gasteiger partial charge is 0.316 e. The molecular formula is H9Cl4MgN. The molecule has 0 radical (unpaired) electrons. The van der Waals surface area contributed by atoms with Crippen LogP contribution in [0.25, 0.3) is 0 Å². The summed E-state index contributed by atoms with van der Waals surface area (Å²) in [6.45, 7) is 0. The molecule has 6 heavy (non-hydrogen) atoms. The van der Waals surface area contributed by atoms with E-state index in [2.05, 4.69) is 0 Å². The number of rotatable bonds is 0. The Morgan fingerprint density at radius 2 is 0.500 bits per heavy atom. The van der Waals surface area contributed by atoms with Crippen molar-refractivity contribution in [2.45, 2.75) is 0 Å². The van der Waals surface area contributed by atoms with E-state index in [9.17, 15) is 0 Å². The molecule has 0 aliphatic rings. The SMILES string of the molecule is Cl.Cl.Cl.Cl.N.[MgH2]. The Kier molecular flexibility index (Phi) is 1170. The van der Waals surface area contributed by atoms with E-state index >= 15 is 0 Å². The van der Waals surface area contributed by atoms with Crippen molar-refractivity contribution in [1.82, 2.24) is 6.15 Å². The van der Waals surface area contributed by atoms with Crippen LogP contribution in [0.3, 0.4) is 0 Å². The van der Waals surface area contributed by atoms with Crippen molar-refractivity contribution in [3.8, 4) is 0 Å². The lowest BCUT2D eigenvalue weighted by Crippen LogP contribution is -0.481. The van der Waals surface area contributed by atoms with Gasteiger partial charge in [-0.3, -0.25) is 0 Å². The van der Waals surface area contributed by atoms with Crippen LogP contribution in [0.1, 0.15) is 0 Å². The first kappa shape index (κ1) is 105. The van der Waals surface area contributed by atoms with Crippen molar-refractivity contribution in [3.63, 3.8) is 0 Å². The Labute approximate surface area is 78.4 Å². The van der Waals surface area contributed by atoms with Crippen LogP contribution in [0.2, 0.25) is 0 Å². The maximum Gasteiger partial charge on any atom is 0.316 e. The topological polar surface area (TPSA) is 35.0 Å². The zero-order chi connectivity index (χ0) is 0. The van der Waals surface area contributed by atoms with E-state index in [4.69, 9.17) is 0 Å². The normalized spacial score (nSPS) is 0. The molecule has 0 aromatic heterocycles. The highest BCUT2D eigenvalue weighted by Crippen LogP contribution is 0.693. The molecule has 0 aromatic carbocycles. The van der Waals surface area contributed by atoms with E-state index in [0.717, 1.165) is 0 Å². The summed E-state index contributed by atoms with van der Waals surface area (Å²) in [5.74, 6) is 0. The van der Waals surface area contributed by atoms with Crippen LogP contribution in [0.4, 0.5) is 0 Å². The molecule has 3 N–H and O–H groups in total. The third kappa shape index (κ3) is 39.5.